The Bertz CT molecular complexity index is 828. The van der Waals surface area contributed by atoms with Crippen molar-refractivity contribution in [3.8, 4) is 10.6 Å². The van der Waals surface area contributed by atoms with Gasteiger partial charge >= 0.3 is 5.97 Å². The van der Waals surface area contributed by atoms with Crippen LogP contribution >= 0.6 is 11.3 Å². The van der Waals surface area contributed by atoms with E-state index >= 15 is 0 Å². The maximum absolute atomic E-state index is 11.6. The standard InChI is InChI=1S/C16H18N4O4S/c1-10-14(16(21)22)25-15(17-10)11-3-4-12(13(9-11)20(23)24)19-7-5-18(2)6-8-19/h3-4,9H,5-8H2,1-2H3,(H,21,22). The molecule has 1 saturated heterocycles. The zero-order chi connectivity index (χ0) is 18.1. The zero-order valence-corrected chi connectivity index (χ0v) is 14.7. The number of aromatic nitrogens is 1. The van der Waals surface area contributed by atoms with Gasteiger partial charge in [-0.05, 0) is 26.1 Å². The molecule has 8 nitrogen and oxygen atoms in total. The van der Waals surface area contributed by atoms with Crippen LogP contribution in [-0.4, -0.2) is 59.1 Å². The molecule has 0 saturated carbocycles. The first-order chi connectivity index (χ1) is 11.9. The van der Waals surface area contributed by atoms with Crippen LogP contribution in [0.25, 0.3) is 10.6 Å². The van der Waals surface area contributed by atoms with E-state index in [0.29, 0.717) is 22.0 Å². The Morgan fingerprint density at radius 2 is 2.00 bits per heavy atom. The maximum atomic E-state index is 11.6. The molecule has 1 N–H and O–H groups in total. The highest BCUT2D eigenvalue weighted by molar-refractivity contribution is 7.17. The van der Waals surface area contributed by atoms with Gasteiger partial charge in [-0.25, -0.2) is 9.78 Å². The van der Waals surface area contributed by atoms with Crippen LogP contribution in [0.4, 0.5) is 11.4 Å². The van der Waals surface area contributed by atoms with E-state index in [1.165, 1.54) is 6.07 Å². The second-order valence-corrected chi connectivity index (χ2v) is 6.99. The van der Waals surface area contributed by atoms with Crippen LogP contribution in [-0.2, 0) is 0 Å². The second-order valence-electron chi connectivity index (χ2n) is 5.99. The molecule has 1 fully saturated rings. The molecule has 2 heterocycles. The van der Waals surface area contributed by atoms with Gasteiger partial charge in [0.1, 0.15) is 15.6 Å². The summed E-state index contributed by atoms with van der Waals surface area (Å²) in [6.45, 7) is 4.79. The summed E-state index contributed by atoms with van der Waals surface area (Å²) in [7, 11) is 2.03. The van der Waals surface area contributed by atoms with Crippen LogP contribution < -0.4 is 4.90 Å². The maximum Gasteiger partial charge on any atom is 0.347 e. The minimum absolute atomic E-state index is 0.0202. The number of benzene rings is 1. The number of aryl methyl sites for hydroxylation is 1. The first kappa shape index (κ1) is 17.3. The molecule has 0 aliphatic carbocycles. The Hall–Kier alpha value is -2.52. The number of thiazole rings is 1. The number of hydrogen-bond donors (Lipinski definition) is 1. The third kappa shape index (κ3) is 3.47. The Kier molecular flexibility index (Phi) is 4.69. The van der Waals surface area contributed by atoms with Gasteiger partial charge in [0.15, 0.2) is 0 Å². The van der Waals surface area contributed by atoms with E-state index in [1.807, 2.05) is 11.9 Å². The lowest BCUT2D eigenvalue weighted by atomic mass is 10.1. The smallest absolute Gasteiger partial charge is 0.347 e. The third-order valence-electron chi connectivity index (χ3n) is 4.25. The van der Waals surface area contributed by atoms with E-state index in [-0.39, 0.29) is 10.6 Å². The monoisotopic (exact) mass is 362 g/mol. The molecule has 1 aromatic carbocycles. The van der Waals surface area contributed by atoms with E-state index in [0.717, 1.165) is 37.5 Å². The van der Waals surface area contributed by atoms with Gasteiger partial charge in [-0.1, -0.05) is 0 Å². The van der Waals surface area contributed by atoms with Crippen LogP contribution in [0.15, 0.2) is 18.2 Å². The number of aromatic carboxylic acids is 1. The third-order valence-corrected chi connectivity index (χ3v) is 5.45. The van der Waals surface area contributed by atoms with Gasteiger partial charge in [0.25, 0.3) is 5.69 Å². The molecule has 1 aliphatic rings. The molecule has 3 rings (SSSR count). The van der Waals surface area contributed by atoms with E-state index in [4.69, 9.17) is 5.11 Å². The summed E-state index contributed by atoms with van der Waals surface area (Å²) in [6.07, 6.45) is 0. The topological polar surface area (TPSA) is 99.8 Å². The van der Waals surface area contributed by atoms with Gasteiger partial charge < -0.3 is 14.9 Å². The normalized spacial score (nSPS) is 15.4. The predicted molar refractivity (Wildman–Crippen MR) is 95.6 cm³/mol. The molecule has 0 radical (unpaired) electrons. The number of nitro benzene ring substituents is 1. The van der Waals surface area contributed by atoms with Crippen molar-refractivity contribution in [2.45, 2.75) is 6.92 Å². The fourth-order valence-electron chi connectivity index (χ4n) is 2.84. The highest BCUT2D eigenvalue weighted by atomic mass is 32.1. The Morgan fingerprint density at radius 1 is 1.32 bits per heavy atom. The van der Waals surface area contributed by atoms with Crippen molar-refractivity contribution in [2.75, 3.05) is 38.1 Å². The van der Waals surface area contributed by atoms with Crippen molar-refractivity contribution in [3.05, 3.63) is 38.9 Å². The molecule has 25 heavy (non-hydrogen) atoms. The number of anilines is 1. The lowest BCUT2D eigenvalue weighted by Crippen LogP contribution is -2.44. The number of likely N-dealkylation sites (N-methyl/N-ethyl adjacent to an activating group) is 1. The Balaban J connectivity index is 1.98. The van der Waals surface area contributed by atoms with E-state index in [1.54, 1.807) is 19.1 Å². The van der Waals surface area contributed by atoms with Crippen molar-refractivity contribution >= 4 is 28.7 Å². The number of nitro groups is 1. The van der Waals surface area contributed by atoms with Crippen LogP contribution in [0, 0.1) is 17.0 Å². The van der Waals surface area contributed by atoms with Crippen molar-refractivity contribution in [2.24, 2.45) is 0 Å². The molecule has 132 valence electrons. The average Bonchev–Trinajstić information content (AvgIpc) is 2.97. The van der Waals surface area contributed by atoms with E-state index < -0.39 is 10.9 Å². The van der Waals surface area contributed by atoms with Gasteiger partial charge in [-0.3, -0.25) is 10.1 Å². The van der Waals surface area contributed by atoms with Crippen LogP contribution in [0.1, 0.15) is 15.4 Å². The molecule has 0 unspecified atom stereocenters. The van der Waals surface area contributed by atoms with Crippen molar-refractivity contribution in [1.82, 2.24) is 9.88 Å². The predicted octanol–water partition coefficient (Wildman–Crippen LogP) is 2.48. The molecule has 0 spiro atoms. The zero-order valence-electron chi connectivity index (χ0n) is 13.9. The summed E-state index contributed by atoms with van der Waals surface area (Å²) in [5.74, 6) is -1.04. The summed E-state index contributed by atoms with van der Waals surface area (Å²) in [5, 5.41) is 21.2. The van der Waals surface area contributed by atoms with Crippen LogP contribution in [0.3, 0.4) is 0 Å². The summed E-state index contributed by atoms with van der Waals surface area (Å²) in [5.41, 5.74) is 1.59. The molecule has 0 atom stereocenters. The van der Waals surface area contributed by atoms with Crippen molar-refractivity contribution in [3.63, 3.8) is 0 Å². The lowest BCUT2D eigenvalue weighted by molar-refractivity contribution is -0.384. The number of piperazine rings is 1. The summed E-state index contributed by atoms with van der Waals surface area (Å²) in [6, 6.07) is 4.98. The molecule has 1 aliphatic heterocycles. The molecular weight excluding hydrogens is 344 g/mol. The summed E-state index contributed by atoms with van der Waals surface area (Å²) < 4.78 is 0. The lowest BCUT2D eigenvalue weighted by Gasteiger charge is -2.33. The number of nitrogens with zero attached hydrogens (tertiary/aromatic N) is 4. The Labute approximate surface area is 148 Å². The molecule has 2 aromatic rings. The first-order valence-electron chi connectivity index (χ1n) is 7.80. The molecule has 9 heteroatoms. The number of carboxylic acids is 1. The fourth-order valence-corrected chi connectivity index (χ4v) is 3.74. The molecular formula is C16H18N4O4S. The fraction of sp³-hybridized carbons (Fsp3) is 0.375. The number of rotatable bonds is 4. The van der Waals surface area contributed by atoms with Gasteiger partial charge in [0.2, 0.25) is 0 Å². The summed E-state index contributed by atoms with van der Waals surface area (Å²) in [4.78, 5) is 30.9. The van der Waals surface area contributed by atoms with Crippen LogP contribution in [0.5, 0.6) is 0 Å². The Morgan fingerprint density at radius 3 is 2.56 bits per heavy atom. The summed E-state index contributed by atoms with van der Waals surface area (Å²) >= 11 is 1.03. The van der Waals surface area contributed by atoms with E-state index in [2.05, 4.69) is 9.88 Å². The molecule has 1 aromatic heterocycles. The minimum Gasteiger partial charge on any atom is -0.477 e. The number of carbonyl (C=O) groups is 1. The van der Waals surface area contributed by atoms with Crippen molar-refractivity contribution in [1.29, 1.82) is 0 Å². The highest BCUT2D eigenvalue weighted by Crippen LogP contribution is 2.35. The van der Waals surface area contributed by atoms with E-state index in [9.17, 15) is 14.9 Å². The molecule has 0 bridgehead atoms. The van der Waals surface area contributed by atoms with Gasteiger partial charge in [-0.2, -0.15) is 0 Å². The number of carboxylic acid groups (broad SMARTS) is 1. The SMILES string of the molecule is Cc1nc(-c2ccc(N3CCN(C)CC3)c([N+](=O)[O-])c2)sc1C(=O)O. The molecule has 0 amide bonds. The largest absolute Gasteiger partial charge is 0.477 e. The quantitative estimate of drug-likeness (QED) is 0.659. The van der Waals surface area contributed by atoms with Crippen LogP contribution in [0.2, 0.25) is 0 Å². The van der Waals surface area contributed by atoms with Gasteiger partial charge in [0.05, 0.1) is 10.6 Å². The van der Waals surface area contributed by atoms with Crippen molar-refractivity contribution < 1.29 is 14.8 Å². The number of hydrogen-bond acceptors (Lipinski definition) is 7. The van der Waals surface area contributed by atoms with Gasteiger partial charge in [-0.15, -0.1) is 11.3 Å². The highest BCUT2D eigenvalue weighted by Gasteiger charge is 2.24. The minimum atomic E-state index is -1.04. The average molecular weight is 362 g/mol. The first-order valence-corrected chi connectivity index (χ1v) is 8.61. The van der Waals surface area contributed by atoms with Gasteiger partial charge in [0, 0.05) is 37.8 Å². The second kappa shape index (κ2) is 6.77.